The van der Waals surface area contributed by atoms with Crippen LogP contribution in [0.1, 0.15) is 27.9 Å². The largest absolute Gasteiger partial charge is 0.454 e. The lowest BCUT2D eigenvalue weighted by Gasteiger charge is -2.38. The predicted octanol–water partition coefficient (Wildman–Crippen LogP) is 5.07. The number of nitrogens with zero attached hydrogens (tertiary/aromatic N) is 3. The third kappa shape index (κ3) is 2.50. The second kappa shape index (κ2) is 7.35. The molecule has 3 aliphatic rings. The van der Waals surface area contributed by atoms with Gasteiger partial charge in [0.2, 0.25) is 0 Å². The van der Waals surface area contributed by atoms with E-state index in [1.54, 1.807) is 6.08 Å². The van der Waals surface area contributed by atoms with Gasteiger partial charge in [-0.3, -0.25) is 9.36 Å². The molecule has 2 aromatic heterocycles. The molecule has 6 heteroatoms. The van der Waals surface area contributed by atoms with Gasteiger partial charge in [-0.2, -0.15) is 0 Å². The summed E-state index contributed by atoms with van der Waals surface area (Å²) < 4.78 is 10.8. The summed E-state index contributed by atoms with van der Waals surface area (Å²) in [6.07, 6.45) is 1.64. The van der Waals surface area contributed by atoms with Crippen molar-refractivity contribution in [3.63, 3.8) is 0 Å². The van der Waals surface area contributed by atoms with E-state index in [4.69, 9.17) is 9.72 Å². The average molecular weight is 529 g/mol. The van der Waals surface area contributed by atoms with Crippen LogP contribution in [-0.4, -0.2) is 20.8 Å². The second-order valence-electron chi connectivity index (χ2n) is 11.4. The third-order valence-electron chi connectivity index (χ3n) is 9.21. The van der Waals surface area contributed by atoms with Crippen LogP contribution in [0, 0.1) is 20.8 Å². The minimum atomic E-state index is -0.0847. The summed E-state index contributed by atoms with van der Waals surface area (Å²) in [7, 11) is 0. The minimum absolute atomic E-state index is 0.0440. The third-order valence-corrected chi connectivity index (χ3v) is 9.21. The lowest BCUT2D eigenvalue weighted by atomic mass is 9.34. The van der Waals surface area contributed by atoms with Crippen LogP contribution >= 0.6 is 0 Å². The Kier molecular flexibility index (Phi) is 4.07. The number of hydrogen-bond donors (Lipinski definition) is 0. The van der Waals surface area contributed by atoms with Crippen molar-refractivity contribution in [1.82, 2.24) is 14.1 Å². The first-order valence-corrected chi connectivity index (χ1v) is 13.9. The van der Waals surface area contributed by atoms with Crippen molar-refractivity contribution in [2.24, 2.45) is 0 Å². The van der Waals surface area contributed by atoms with E-state index < -0.39 is 0 Å². The van der Waals surface area contributed by atoms with Gasteiger partial charge in [0, 0.05) is 22.2 Å². The molecule has 41 heavy (non-hydrogen) atoms. The van der Waals surface area contributed by atoms with Crippen LogP contribution in [0.15, 0.2) is 78.6 Å². The van der Waals surface area contributed by atoms with Gasteiger partial charge in [0.1, 0.15) is 11.6 Å². The van der Waals surface area contributed by atoms with E-state index in [-0.39, 0.29) is 12.1 Å². The summed E-state index contributed by atoms with van der Waals surface area (Å²) >= 11 is 0. The first-order chi connectivity index (χ1) is 19.9. The minimum Gasteiger partial charge on any atom is -0.454 e. The lowest BCUT2D eigenvalue weighted by Crippen LogP contribution is -2.60. The molecule has 0 spiro atoms. The molecule has 0 N–H and O–H groups in total. The number of fused-ring (bicyclic) bond motifs is 3. The number of aryl methyl sites for hydroxylation is 3. The van der Waals surface area contributed by atoms with Gasteiger partial charge >= 0.3 is 0 Å². The summed E-state index contributed by atoms with van der Waals surface area (Å²) in [5, 5.41) is 0.715. The van der Waals surface area contributed by atoms with Gasteiger partial charge in [-0.25, -0.2) is 4.98 Å². The summed E-state index contributed by atoms with van der Waals surface area (Å²) in [6.45, 7) is 14.5. The van der Waals surface area contributed by atoms with Crippen LogP contribution in [0.25, 0.3) is 56.5 Å². The summed E-state index contributed by atoms with van der Waals surface area (Å²) in [5.41, 5.74) is 14.0. The Hall–Kier alpha value is -5.10. The Morgan fingerprint density at radius 3 is 2.41 bits per heavy atom. The number of benzene rings is 4. The van der Waals surface area contributed by atoms with Crippen LogP contribution in [0.2, 0.25) is 0 Å². The fourth-order valence-corrected chi connectivity index (χ4v) is 7.66. The highest BCUT2D eigenvalue weighted by atomic mass is 16.5. The number of imidazole rings is 1. The van der Waals surface area contributed by atoms with Gasteiger partial charge in [0.15, 0.2) is 11.2 Å². The Labute approximate surface area is 236 Å². The molecule has 0 radical (unpaired) electrons. The van der Waals surface area contributed by atoms with E-state index in [9.17, 15) is 4.79 Å². The zero-order valence-corrected chi connectivity index (χ0v) is 23.0. The van der Waals surface area contributed by atoms with Gasteiger partial charge < -0.3 is 9.30 Å². The van der Waals surface area contributed by atoms with Gasteiger partial charge in [0.25, 0.3) is 6.71 Å². The molecule has 0 amide bonds. The smallest absolute Gasteiger partial charge is 0.252 e. The number of hydrogen-bond acceptors (Lipinski definition) is 3. The van der Waals surface area contributed by atoms with Crippen LogP contribution < -0.4 is 26.6 Å². The SMILES string of the molecule is C=Cc1c2n3c4c5c(cc(C)c4c1=O)-n1c(-c4c(C)cccc4C)nc4cccc(c41)B5c1cccc(c1-3)OC2=C. The highest BCUT2D eigenvalue weighted by Crippen LogP contribution is 2.42. The molecule has 0 bridgehead atoms. The topological polar surface area (TPSA) is 49.0 Å². The van der Waals surface area contributed by atoms with Crippen LogP contribution in [0.3, 0.4) is 0 Å². The number of para-hydroxylation sites is 2. The highest BCUT2D eigenvalue weighted by Gasteiger charge is 2.44. The fraction of sp³-hybridized carbons (Fsp3) is 0.0857. The number of aromatic nitrogens is 3. The summed E-state index contributed by atoms with van der Waals surface area (Å²) in [4.78, 5) is 19.4. The molecule has 0 saturated carbocycles. The number of ether oxygens (including phenoxy) is 1. The molecule has 0 fully saturated rings. The maximum atomic E-state index is 14.2. The van der Waals surface area contributed by atoms with Crippen molar-refractivity contribution in [2.75, 3.05) is 0 Å². The molecular weight excluding hydrogens is 505 g/mol. The van der Waals surface area contributed by atoms with Crippen molar-refractivity contribution < 1.29 is 4.74 Å². The van der Waals surface area contributed by atoms with E-state index in [1.165, 1.54) is 16.6 Å². The van der Waals surface area contributed by atoms with Gasteiger partial charge in [0.05, 0.1) is 27.9 Å². The summed E-state index contributed by atoms with van der Waals surface area (Å²) in [6, 6.07) is 21.2. The van der Waals surface area contributed by atoms with Crippen LogP contribution in [-0.2, 0) is 0 Å². The van der Waals surface area contributed by atoms with Crippen LogP contribution in [0.4, 0.5) is 0 Å². The summed E-state index contributed by atoms with van der Waals surface area (Å²) in [5.74, 6) is 2.12. The Morgan fingerprint density at radius 1 is 0.902 bits per heavy atom. The quantitative estimate of drug-likeness (QED) is 0.294. The van der Waals surface area contributed by atoms with E-state index >= 15 is 0 Å². The second-order valence-corrected chi connectivity index (χ2v) is 11.4. The molecule has 0 atom stereocenters. The Morgan fingerprint density at radius 2 is 1.63 bits per heavy atom. The highest BCUT2D eigenvalue weighted by molar-refractivity contribution is 7.00. The van der Waals surface area contributed by atoms with E-state index in [0.717, 1.165) is 61.6 Å². The molecule has 0 saturated heterocycles. The molecule has 4 aromatic carbocycles. The van der Waals surface area contributed by atoms with Crippen molar-refractivity contribution in [1.29, 1.82) is 0 Å². The van der Waals surface area contributed by atoms with Crippen molar-refractivity contribution in [2.45, 2.75) is 20.8 Å². The van der Waals surface area contributed by atoms with Crippen molar-refractivity contribution in [3.05, 3.63) is 112 Å². The molecule has 0 aliphatic carbocycles. The first-order valence-electron chi connectivity index (χ1n) is 13.9. The molecule has 194 valence electrons. The Balaban J connectivity index is 1.58. The van der Waals surface area contributed by atoms with Gasteiger partial charge in [-0.05, 0) is 72.0 Å². The van der Waals surface area contributed by atoms with Gasteiger partial charge in [-0.1, -0.05) is 61.7 Å². The van der Waals surface area contributed by atoms with Crippen LogP contribution in [0.5, 0.6) is 5.75 Å². The molecular formula is C35H24BN3O2. The monoisotopic (exact) mass is 529 g/mol. The first kappa shape index (κ1) is 22.7. The lowest BCUT2D eigenvalue weighted by molar-refractivity contribution is 0.495. The molecule has 5 nitrogen and oxygen atoms in total. The molecule has 9 rings (SSSR count). The molecule has 5 heterocycles. The fourth-order valence-electron chi connectivity index (χ4n) is 7.66. The maximum absolute atomic E-state index is 14.2. The molecule has 0 unspecified atom stereocenters. The standard InChI is InChI=1S/C35H24BN3O2/c1-6-21-30-20(5)41-26-15-9-13-23-32(26)39(30)33-28(34(21)40)19(4)16-25-29(33)36(23)22-12-8-14-24-31(22)38(25)35(37-24)27-17(2)10-7-11-18(27)3/h6-16H,1,5H2,2-4H3. The number of pyridine rings is 1. The van der Waals surface area contributed by atoms with Gasteiger partial charge in [-0.15, -0.1) is 0 Å². The van der Waals surface area contributed by atoms with E-state index in [2.05, 4.69) is 84.7 Å². The predicted molar refractivity (Wildman–Crippen MR) is 168 cm³/mol. The van der Waals surface area contributed by atoms with E-state index in [1.807, 2.05) is 19.1 Å². The molecule has 3 aliphatic heterocycles. The van der Waals surface area contributed by atoms with E-state index in [0.29, 0.717) is 22.4 Å². The average Bonchev–Trinajstić information content (AvgIpc) is 3.33. The zero-order valence-electron chi connectivity index (χ0n) is 23.0. The van der Waals surface area contributed by atoms with Crippen molar-refractivity contribution in [3.8, 4) is 28.5 Å². The zero-order chi connectivity index (χ0) is 27.9. The normalized spacial score (nSPS) is 13.6. The molecule has 6 aromatic rings. The Bertz CT molecular complexity index is 2320. The maximum Gasteiger partial charge on any atom is 0.252 e. The number of rotatable bonds is 2. The van der Waals surface area contributed by atoms with Crippen molar-refractivity contribution >= 4 is 56.9 Å².